The second-order valence-corrected chi connectivity index (χ2v) is 7.18. The van der Waals surface area contributed by atoms with E-state index in [1.54, 1.807) is 18.1 Å². The van der Waals surface area contributed by atoms with E-state index in [4.69, 9.17) is 0 Å². The fourth-order valence-electron chi connectivity index (χ4n) is 3.10. The Hall–Kier alpha value is -1.57. The summed E-state index contributed by atoms with van der Waals surface area (Å²) in [5, 5.41) is 13.8. The molecule has 0 aliphatic heterocycles. The average molecular weight is 353 g/mol. The number of aromatic nitrogens is 3. The smallest absolute Gasteiger partial charge is 0.242 e. The van der Waals surface area contributed by atoms with Crippen molar-refractivity contribution in [1.29, 1.82) is 0 Å². The number of carbonyl (C=O) groups excluding carboxylic acids is 2. The maximum Gasteiger partial charge on any atom is 0.242 e. The Morgan fingerprint density at radius 1 is 1.38 bits per heavy atom. The molecule has 1 heterocycles. The average Bonchev–Trinajstić information content (AvgIpc) is 3.05. The van der Waals surface area contributed by atoms with Crippen LogP contribution in [0.15, 0.2) is 6.33 Å². The van der Waals surface area contributed by atoms with Crippen molar-refractivity contribution in [3.8, 4) is 0 Å². The molecule has 1 aliphatic rings. The van der Waals surface area contributed by atoms with Crippen molar-refractivity contribution in [2.24, 2.45) is 0 Å². The molecule has 0 aromatic carbocycles. The normalized spacial score (nSPS) is 16.6. The molecule has 1 atom stereocenters. The van der Waals surface area contributed by atoms with Gasteiger partial charge in [0.2, 0.25) is 11.8 Å². The number of thioether (sulfide) groups is 1. The van der Waals surface area contributed by atoms with Gasteiger partial charge in [0.15, 0.2) is 5.82 Å². The molecular weight excluding hydrogens is 326 g/mol. The SMILES string of the molecule is CSCC[C@H](NC(C)=O)C(=O)NCc1nncn1C1CCCCC1. The summed E-state index contributed by atoms with van der Waals surface area (Å²) >= 11 is 1.65. The zero-order chi connectivity index (χ0) is 17.4. The van der Waals surface area contributed by atoms with Crippen LogP contribution in [0.3, 0.4) is 0 Å². The van der Waals surface area contributed by atoms with E-state index in [0.29, 0.717) is 19.0 Å². The van der Waals surface area contributed by atoms with Gasteiger partial charge in [0, 0.05) is 13.0 Å². The van der Waals surface area contributed by atoms with Gasteiger partial charge in [-0.1, -0.05) is 19.3 Å². The van der Waals surface area contributed by atoms with Crippen LogP contribution in [0, 0.1) is 0 Å². The van der Waals surface area contributed by atoms with E-state index in [-0.39, 0.29) is 11.8 Å². The topological polar surface area (TPSA) is 88.9 Å². The summed E-state index contributed by atoms with van der Waals surface area (Å²) in [5.74, 6) is 1.23. The van der Waals surface area contributed by atoms with Gasteiger partial charge < -0.3 is 15.2 Å². The molecule has 0 spiro atoms. The molecule has 7 nitrogen and oxygen atoms in total. The Balaban J connectivity index is 1.92. The Morgan fingerprint density at radius 3 is 2.79 bits per heavy atom. The molecule has 1 aromatic heterocycles. The second-order valence-electron chi connectivity index (χ2n) is 6.20. The monoisotopic (exact) mass is 353 g/mol. The van der Waals surface area contributed by atoms with Crippen molar-refractivity contribution < 1.29 is 9.59 Å². The van der Waals surface area contributed by atoms with Crippen LogP contribution in [0.1, 0.15) is 57.3 Å². The molecule has 2 amide bonds. The van der Waals surface area contributed by atoms with Crippen molar-refractivity contribution in [2.75, 3.05) is 12.0 Å². The number of rotatable bonds is 8. The summed E-state index contributed by atoms with van der Waals surface area (Å²) in [5.41, 5.74) is 0. The molecule has 0 radical (unpaired) electrons. The predicted molar refractivity (Wildman–Crippen MR) is 94.6 cm³/mol. The first kappa shape index (κ1) is 18.8. The van der Waals surface area contributed by atoms with Gasteiger partial charge in [0.05, 0.1) is 6.54 Å². The number of carbonyl (C=O) groups is 2. The van der Waals surface area contributed by atoms with Crippen LogP contribution in [0.5, 0.6) is 0 Å². The van der Waals surface area contributed by atoms with Gasteiger partial charge in [-0.15, -0.1) is 10.2 Å². The summed E-state index contributed by atoms with van der Waals surface area (Å²) < 4.78 is 2.09. The van der Waals surface area contributed by atoms with Crippen LogP contribution in [0.4, 0.5) is 0 Å². The van der Waals surface area contributed by atoms with E-state index < -0.39 is 6.04 Å². The van der Waals surface area contributed by atoms with E-state index in [1.807, 2.05) is 6.26 Å². The van der Waals surface area contributed by atoms with Crippen molar-refractivity contribution in [3.05, 3.63) is 12.2 Å². The fourth-order valence-corrected chi connectivity index (χ4v) is 3.57. The molecule has 2 N–H and O–H groups in total. The van der Waals surface area contributed by atoms with Gasteiger partial charge in [0.1, 0.15) is 12.4 Å². The third-order valence-electron chi connectivity index (χ3n) is 4.34. The van der Waals surface area contributed by atoms with Crippen LogP contribution < -0.4 is 10.6 Å². The molecular formula is C16H27N5O2S. The lowest BCUT2D eigenvalue weighted by atomic mass is 9.95. The Labute approximate surface area is 147 Å². The van der Waals surface area contributed by atoms with Gasteiger partial charge in [-0.25, -0.2) is 0 Å². The number of hydrogen-bond acceptors (Lipinski definition) is 5. The Morgan fingerprint density at radius 2 is 2.12 bits per heavy atom. The molecule has 2 rings (SSSR count). The lowest BCUT2D eigenvalue weighted by Crippen LogP contribution is -2.46. The van der Waals surface area contributed by atoms with E-state index in [9.17, 15) is 9.59 Å². The van der Waals surface area contributed by atoms with Crippen molar-refractivity contribution in [3.63, 3.8) is 0 Å². The van der Waals surface area contributed by atoms with Crippen LogP contribution in [0.25, 0.3) is 0 Å². The maximum absolute atomic E-state index is 12.4. The van der Waals surface area contributed by atoms with E-state index in [1.165, 1.54) is 26.2 Å². The van der Waals surface area contributed by atoms with E-state index >= 15 is 0 Å². The third-order valence-corrected chi connectivity index (χ3v) is 4.98. The first-order chi connectivity index (χ1) is 11.6. The number of hydrogen-bond donors (Lipinski definition) is 2. The third kappa shape index (κ3) is 5.51. The van der Waals surface area contributed by atoms with Crippen LogP contribution in [0.2, 0.25) is 0 Å². The summed E-state index contributed by atoms with van der Waals surface area (Å²) in [7, 11) is 0. The van der Waals surface area contributed by atoms with Gasteiger partial charge in [-0.05, 0) is 31.3 Å². The van der Waals surface area contributed by atoms with E-state index in [0.717, 1.165) is 24.4 Å². The molecule has 0 unspecified atom stereocenters. The van der Waals surface area contributed by atoms with Gasteiger partial charge in [-0.2, -0.15) is 11.8 Å². The highest BCUT2D eigenvalue weighted by molar-refractivity contribution is 7.98. The van der Waals surface area contributed by atoms with Crippen molar-refractivity contribution >= 4 is 23.6 Å². The number of nitrogens with zero attached hydrogens (tertiary/aromatic N) is 3. The summed E-state index contributed by atoms with van der Waals surface area (Å²) in [6.45, 7) is 1.77. The molecule has 0 bridgehead atoms. The van der Waals surface area contributed by atoms with Crippen molar-refractivity contribution in [2.45, 2.75) is 64.1 Å². The minimum Gasteiger partial charge on any atom is -0.347 e. The molecule has 1 saturated carbocycles. The molecule has 1 aromatic rings. The van der Waals surface area contributed by atoms with Crippen LogP contribution in [-0.4, -0.2) is 44.6 Å². The molecule has 24 heavy (non-hydrogen) atoms. The number of nitrogens with one attached hydrogen (secondary N) is 2. The second kappa shape index (κ2) is 9.66. The molecule has 134 valence electrons. The number of amides is 2. The van der Waals surface area contributed by atoms with Crippen molar-refractivity contribution in [1.82, 2.24) is 25.4 Å². The van der Waals surface area contributed by atoms with E-state index in [2.05, 4.69) is 25.4 Å². The first-order valence-electron chi connectivity index (χ1n) is 8.54. The predicted octanol–water partition coefficient (Wildman–Crippen LogP) is 1.66. The fraction of sp³-hybridized carbons (Fsp3) is 0.750. The highest BCUT2D eigenvalue weighted by atomic mass is 32.2. The Kier molecular flexibility index (Phi) is 7.55. The zero-order valence-corrected chi connectivity index (χ0v) is 15.3. The minimum atomic E-state index is -0.499. The molecule has 1 aliphatic carbocycles. The minimum absolute atomic E-state index is 0.169. The van der Waals surface area contributed by atoms with Crippen LogP contribution in [-0.2, 0) is 16.1 Å². The van der Waals surface area contributed by atoms with Gasteiger partial charge in [-0.3, -0.25) is 9.59 Å². The van der Waals surface area contributed by atoms with Gasteiger partial charge >= 0.3 is 0 Å². The highest BCUT2D eigenvalue weighted by Gasteiger charge is 2.21. The van der Waals surface area contributed by atoms with Gasteiger partial charge in [0.25, 0.3) is 0 Å². The largest absolute Gasteiger partial charge is 0.347 e. The van der Waals surface area contributed by atoms with Crippen LogP contribution >= 0.6 is 11.8 Å². The quantitative estimate of drug-likeness (QED) is 0.742. The standard InChI is InChI=1S/C16H27N5O2S/c1-12(22)19-14(8-9-24-2)16(23)17-10-15-20-18-11-21(15)13-6-4-3-5-7-13/h11,13-14H,3-10H2,1-2H3,(H,17,23)(H,19,22)/t14-/m0/s1. The Bertz CT molecular complexity index is 542. The molecule has 1 fully saturated rings. The summed E-state index contributed by atoms with van der Waals surface area (Å²) in [6.07, 6.45) is 10.4. The first-order valence-corrected chi connectivity index (χ1v) is 9.93. The maximum atomic E-state index is 12.4. The summed E-state index contributed by atoms with van der Waals surface area (Å²) in [6, 6.07) is -0.0655. The zero-order valence-electron chi connectivity index (χ0n) is 14.5. The molecule has 0 saturated heterocycles. The molecule has 8 heteroatoms. The lowest BCUT2D eigenvalue weighted by molar-refractivity contribution is -0.128. The lowest BCUT2D eigenvalue weighted by Gasteiger charge is -2.24. The summed E-state index contributed by atoms with van der Waals surface area (Å²) in [4.78, 5) is 23.7. The highest BCUT2D eigenvalue weighted by Crippen LogP contribution is 2.28.